The third-order valence-electron chi connectivity index (χ3n) is 3.45. The fourth-order valence-corrected chi connectivity index (χ4v) is 2.18. The molecule has 0 bridgehead atoms. The third kappa shape index (κ3) is 8.08. The molecule has 112 valence electrons. The molecule has 0 saturated carbocycles. The van der Waals surface area contributed by atoms with Crippen LogP contribution < -0.4 is 11.5 Å². The van der Waals surface area contributed by atoms with Crippen molar-refractivity contribution >= 4 is 6.21 Å². The molecule has 1 aromatic carbocycles. The number of rotatable bonds is 11. The SMILES string of the molecule is NCCCCCCN=CCCCC(N)c1ccccc1. The fourth-order valence-electron chi connectivity index (χ4n) is 2.18. The van der Waals surface area contributed by atoms with E-state index in [1.165, 1.54) is 24.8 Å². The van der Waals surface area contributed by atoms with Crippen LogP contribution in [0.3, 0.4) is 0 Å². The van der Waals surface area contributed by atoms with Crippen molar-refractivity contribution in [3.05, 3.63) is 35.9 Å². The molecule has 0 spiro atoms. The number of hydrogen-bond donors (Lipinski definition) is 2. The molecule has 0 aliphatic carbocycles. The lowest BCUT2D eigenvalue weighted by atomic mass is 10.0. The first-order valence-corrected chi connectivity index (χ1v) is 7.83. The summed E-state index contributed by atoms with van der Waals surface area (Å²) >= 11 is 0. The van der Waals surface area contributed by atoms with Crippen LogP contribution in [0.4, 0.5) is 0 Å². The lowest BCUT2D eigenvalue weighted by Crippen LogP contribution is -2.09. The Kier molecular flexibility index (Phi) is 9.80. The van der Waals surface area contributed by atoms with Gasteiger partial charge in [0.25, 0.3) is 0 Å². The average molecular weight is 275 g/mol. The summed E-state index contributed by atoms with van der Waals surface area (Å²) in [5.41, 5.74) is 12.8. The predicted octanol–water partition coefficient (Wildman–Crippen LogP) is 3.45. The van der Waals surface area contributed by atoms with Crippen molar-refractivity contribution in [3.8, 4) is 0 Å². The summed E-state index contributed by atoms with van der Waals surface area (Å²) in [7, 11) is 0. The van der Waals surface area contributed by atoms with E-state index in [1.54, 1.807) is 0 Å². The summed E-state index contributed by atoms with van der Waals surface area (Å²) in [6.45, 7) is 1.76. The molecule has 1 aromatic rings. The molecular formula is C17H29N3. The summed E-state index contributed by atoms with van der Waals surface area (Å²) in [4.78, 5) is 4.44. The Morgan fingerprint density at radius 2 is 1.75 bits per heavy atom. The van der Waals surface area contributed by atoms with E-state index < -0.39 is 0 Å². The Bertz CT molecular complexity index is 349. The van der Waals surface area contributed by atoms with E-state index in [0.717, 1.165) is 38.8 Å². The highest BCUT2D eigenvalue weighted by atomic mass is 14.7. The Hall–Kier alpha value is -1.19. The van der Waals surface area contributed by atoms with Gasteiger partial charge in [-0.15, -0.1) is 0 Å². The highest BCUT2D eigenvalue weighted by Gasteiger charge is 2.03. The molecular weight excluding hydrogens is 246 g/mol. The van der Waals surface area contributed by atoms with Crippen molar-refractivity contribution in [2.24, 2.45) is 16.5 Å². The number of nitrogens with zero attached hydrogens (tertiary/aromatic N) is 1. The zero-order valence-corrected chi connectivity index (χ0v) is 12.5. The normalized spacial score (nSPS) is 12.9. The van der Waals surface area contributed by atoms with Gasteiger partial charge in [0.15, 0.2) is 0 Å². The molecule has 0 aliphatic heterocycles. The molecule has 0 amide bonds. The first kappa shape index (κ1) is 16.9. The van der Waals surface area contributed by atoms with E-state index in [-0.39, 0.29) is 6.04 Å². The Morgan fingerprint density at radius 1 is 1.00 bits per heavy atom. The highest BCUT2D eigenvalue weighted by Crippen LogP contribution is 2.15. The van der Waals surface area contributed by atoms with Crippen molar-refractivity contribution in [3.63, 3.8) is 0 Å². The van der Waals surface area contributed by atoms with E-state index in [1.807, 2.05) is 18.2 Å². The van der Waals surface area contributed by atoms with Gasteiger partial charge in [-0.25, -0.2) is 0 Å². The first-order chi connectivity index (χ1) is 9.84. The number of nitrogens with two attached hydrogens (primary N) is 2. The lowest BCUT2D eigenvalue weighted by Gasteiger charge is -2.10. The topological polar surface area (TPSA) is 64.4 Å². The number of unbranched alkanes of at least 4 members (excludes halogenated alkanes) is 4. The molecule has 0 saturated heterocycles. The van der Waals surface area contributed by atoms with Crippen molar-refractivity contribution < 1.29 is 0 Å². The van der Waals surface area contributed by atoms with Crippen LogP contribution >= 0.6 is 0 Å². The van der Waals surface area contributed by atoms with Crippen LogP contribution in [0.1, 0.15) is 56.6 Å². The van der Waals surface area contributed by atoms with Crippen LogP contribution in [-0.2, 0) is 0 Å². The third-order valence-corrected chi connectivity index (χ3v) is 3.45. The predicted molar refractivity (Wildman–Crippen MR) is 88.1 cm³/mol. The smallest absolute Gasteiger partial charge is 0.0385 e. The molecule has 0 heterocycles. The monoisotopic (exact) mass is 275 g/mol. The van der Waals surface area contributed by atoms with Crippen molar-refractivity contribution in [1.82, 2.24) is 0 Å². The second-order valence-corrected chi connectivity index (χ2v) is 5.24. The zero-order valence-electron chi connectivity index (χ0n) is 12.5. The number of benzene rings is 1. The van der Waals surface area contributed by atoms with Gasteiger partial charge in [0.2, 0.25) is 0 Å². The maximum Gasteiger partial charge on any atom is 0.0385 e. The van der Waals surface area contributed by atoms with E-state index in [2.05, 4.69) is 23.3 Å². The molecule has 20 heavy (non-hydrogen) atoms. The first-order valence-electron chi connectivity index (χ1n) is 7.83. The van der Waals surface area contributed by atoms with Gasteiger partial charge in [0, 0.05) is 12.6 Å². The number of aliphatic imine (C=N–C) groups is 1. The molecule has 1 atom stereocenters. The van der Waals surface area contributed by atoms with E-state index in [4.69, 9.17) is 11.5 Å². The van der Waals surface area contributed by atoms with Gasteiger partial charge >= 0.3 is 0 Å². The Balaban J connectivity index is 1.99. The maximum atomic E-state index is 6.15. The van der Waals surface area contributed by atoms with Gasteiger partial charge in [0.1, 0.15) is 0 Å². The zero-order chi connectivity index (χ0) is 14.5. The van der Waals surface area contributed by atoms with Gasteiger partial charge in [-0.1, -0.05) is 43.2 Å². The minimum absolute atomic E-state index is 0.154. The second-order valence-electron chi connectivity index (χ2n) is 5.24. The summed E-state index contributed by atoms with van der Waals surface area (Å²) in [5.74, 6) is 0. The second kappa shape index (κ2) is 11.6. The minimum atomic E-state index is 0.154. The summed E-state index contributed by atoms with van der Waals surface area (Å²) in [6, 6.07) is 10.5. The fraction of sp³-hybridized carbons (Fsp3) is 0.588. The van der Waals surface area contributed by atoms with Gasteiger partial charge in [0.05, 0.1) is 0 Å². The van der Waals surface area contributed by atoms with Crippen LogP contribution in [0.25, 0.3) is 0 Å². The molecule has 0 aromatic heterocycles. The molecule has 3 heteroatoms. The highest BCUT2D eigenvalue weighted by molar-refractivity contribution is 5.56. The molecule has 4 N–H and O–H groups in total. The molecule has 3 nitrogen and oxygen atoms in total. The minimum Gasteiger partial charge on any atom is -0.330 e. The van der Waals surface area contributed by atoms with Crippen LogP contribution in [-0.4, -0.2) is 19.3 Å². The van der Waals surface area contributed by atoms with Gasteiger partial charge in [-0.3, -0.25) is 4.99 Å². The van der Waals surface area contributed by atoms with Gasteiger partial charge in [-0.2, -0.15) is 0 Å². The van der Waals surface area contributed by atoms with Crippen LogP contribution in [0.15, 0.2) is 35.3 Å². The molecule has 1 rings (SSSR count). The van der Waals surface area contributed by atoms with E-state index in [9.17, 15) is 0 Å². The Labute approximate surface area is 123 Å². The maximum absolute atomic E-state index is 6.15. The van der Waals surface area contributed by atoms with Crippen LogP contribution in [0.2, 0.25) is 0 Å². The van der Waals surface area contributed by atoms with Crippen molar-refractivity contribution in [2.75, 3.05) is 13.1 Å². The standard InChI is InChI=1S/C17H29N3/c18-13-7-1-2-8-14-20-15-9-6-12-17(19)16-10-4-3-5-11-16/h3-5,10-11,15,17H,1-2,6-9,12-14,18-19H2. The van der Waals surface area contributed by atoms with E-state index in [0.29, 0.717) is 0 Å². The quantitative estimate of drug-likeness (QED) is 0.480. The summed E-state index contributed by atoms with van der Waals surface area (Å²) < 4.78 is 0. The largest absolute Gasteiger partial charge is 0.330 e. The molecule has 0 fully saturated rings. The van der Waals surface area contributed by atoms with Crippen molar-refractivity contribution in [2.45, 2.75) is 51.0 Å². The average Bonchev–Trinajstić information content (AvgIpc) is 2.50. The van der Waals surface area contributed by atoms with Gasteiger partial charge in [-0.05, 0) is 50.4 Å². The van der Waals surface area contributed by atoms with Crippen LogP contribution in [0.5, 0.6) is 0 Å². The molecule has 0 radical (unpaired) electrons. The summed E-state index contributed by atoms with van der Waals surface area (Å²) in [6.07, 6.45) is 10.0. The lowest BCUT2D eigenvalue weighted by molar-refractivity contribution is 0.624. The molecule has 1 unspecified atom stereocenters. The van der Waals surface area contributed by atoms with E-state index >= 15 is 0 Å². The molecule has 0 aliphatic rings. The van der Waals surface area contributed by atoms with Crippen molar-refractivity contribution in [1.29, 1.82) is 0 Å². The summed E-state index contributed by atoms with van der Waals surface area (Å²) in [5, 5.41) is 0. The van der Waals surface area contributed by atoms with Gasteiger partial charge < -0.3 is 11.5 Å². The number of hydrogen-bond acceptors (Lipinski definition) is 3. The Morgan fingerprint density at radius 3 is 2.50 bits per heavy atom. The van der Waals surface area contributed by atoms with Crippen LogP contribution in [0, 0.1) is 0 Å².